The first kappa shape index (κ1) is 10.9. The third-order valence-electron chi connectivity index (χ3n) is 2.92. The van der Waals surface area contributed by atoms with E-state index in [2.05, 4.69) is 20.8 Å². The summed E-state index contributed by atoms with van der Waals surface area (Å²) in [6.45, 7) is 0.952. The van der Waals surface area contributed by atoms with E-state index in [1.54, 1.807) is 19.2 Å². The van der Waals surface area contributed by atoms with Gasteiger partial charge in [-0.05, 0) is 30.9 Å². The Labute approximate surface area is 94.6 Å². The van der Waals surface area contributed by atoms with E-state index < -0.39 is 0 Å². The van der Waals surface area contributed by atoms with Gasteiger partial charge in [-0.2, -0.15) is 0 Å². The first-order chi connectivity index (χ1) is 7.79. The first-order valence-electron chi connectivity index (χ1n) is 5.59. The summed E-state index contributed by atoms with van der Waals surface area (Å²) >= 11 is 0. The Morgan fingerprint density at radius 3 is 2.75 bits per heavy atom. The van der Waals surface area contributed by atoms with Gasteiger partial charge in [0.05, 0.1) is 0 Å². The van der Waals surface area contributed by atoms with Crippen molar-refractivity contribution in [2.24, 2.45) is 5.92 Å². The highest BCUT2D eigenvalue weighted by Gasteiger charge is 2.16. The van der Waals surface area contributed by atoms with Crippen molar-refractivity contribution in [3.63, 3.8) is 0 Å². The molecule has 5 heteroatoms. The lowest BCUT2D eigenvalue weighted by molar-refractivity contribution is 0.0957. The van der Waals surface area contributed by atoms with Crippen molar-refractivity contribution in [2.45, 2.75) is 19.3 Å². The van der Waals surface area contributed by atoms with E-state index in [9.17, 15) is 4.79 Å². The van der Waals surface area contributed by atoms with E-state index >= 15 is 0 Å². The maximum Gasteiger partial charge on any atom is 0.271 e. The molecule has 16 heavy (non-hydrogen) atoms. The summed E-state index contributed by atoms with van der Waals surface area (Å²) in [5.74, 6) is 1.30. The fourth-order valence-electron chi connectivity index (χ4n) is 1.62. The average molecular weight is 220 g/mol. The molecule has 0 radical (unpaired) electrons. The van der Waals surface area contributed by atoms with E-state index in [1.807, 2.05) is 0 Å². The zero-order chi connectivity index (χ0) is 11.4. The van der Waals surface area contributed by atoms with Gasteiger partial charge in [-0.1, -0.05) is 6.42 Å². The van der Waals surface area contributed by atoms with Crippen LogP contribution in [0.15, 0.2) is 12.1 Å². The molecular weight excluding hydrogens is 204 g/mol. The maximum absolute atomic E-state index is 11.2. The number of nitrogens with zero attached hydrogens (tertiary/aromatic N) is 2. The number of aromatic nitrogens is 2. The molecule has 86 valence electrons. The minimum absolute atomic E-state index is 0.210. The molecule has 1 amide bonds. The minimum atomic E-state index is -0.210. The number of amides is 1. The second-order valence-corrected chi connectivity index (χ2v) is 4.06. The number of carbonyl (C=O) groups is 1. The lowest BCUT2D eigenvalue weighted by Crippen LogP contribution is -2.22. The Morgan fingerprint density at radius 1 is 1.44 bits per heavy atom. The third-order valence-corrected chi connectivity index (χ3v) is 2.92. The smallest absolute Gasteiger partial charge is 0.271 e. The number of anilines is 1. The number of rotatable bonds is 4. The first-order valence-corrected chi connectivity index (χ1v) is 5.59. The SMILES string of the molecule is CNC(=O)c1ccc(NCC2CCC2)nn1. The topological polar surface area (TPSA) is 66.9 Å². The molecule has 1 aliphatic rings. The molecule has 0 bridgehead atoms. The van der Waals surface area contributed by atoms with Crippen molar-refractivity contribution in [1.29, 1.82) is 0 Å². The summed E-state index contributed by atoms with van der Waals surface area (Å²) in [5, 5.41) is 13.5. The van der Waals surface area contributed by atoms with Crippen LogP contribution in [0.2, 0.25) is 0 Å². The van der Waals surface area contributed by atoms with Crippen LogP contribution in [0.3, 0.4) is 0 Å². The molecule has 1 aromatic heterocycles. The predicted molar refractivity (Wildman–Crippen MR) is 61.3 cm³/mol. The van der Waals surface area contributed by atoms with Crippen LogP contribution in [0, 0.1) is 5.92 Å². The van der Waals surface area contributed by atoms with Gasteiger partial charge >= 0.3 is 0 Å². The van der Waals surface area contributed by atoms with Crippen molar-refractivity contribution in [3.8, 4) is 0 Å². The number of hydrogen-bond donors (Lipinski definition) is 2. The fourth-order valence-corrected chi connectivity index (χ4v) is 1.62. The van der Waals surface area contributed by atoms with E-state index in [1.165, 1.54) is 19.3 Å². The predicted octanol–water partition coefficient (Wildman–Crippen LogP) is 1.05. The zero-order valence-corrected chi connectivity index (χ0v) is 9.36. The highest BCUT2D eigenvalue weighted by Crippen LogP contribution is 2.26. The fraction of sp³-hybridized carbons (Fsp3) is 0.545. The summed E-state index contributed by atoms with van der Waals surface area (Å²) in [5.41, 5.74) is 0.344. The number of carbonyl (C=O) groups excluding carboxylic acids is 1. The molecule has 0 aromatic carbocycles. The molecule has 0 saturated heterocycles. The highest BCUT2D eigenvalue weighted by atomic mass is 16.1. The molecule has 1 aromatic rings. The van der Waals surface area contributed by atoms with Crippen LogP contribution in [0.25, 0.3) is 0 Å². The Morgan fingerprint density at radius 2 is 2.25 bits per heavy atom. The molecule has 0 spiro atoms. The highest BCUT2D eigenvalue weighted by molar-refractivity contribution is 5.91. The molecule has 2 rings (SSSR count). The summed E-state index contributed by atoms with van der Waals surface area (Å²) in [7, 11) is 1.58. The van der Waals surface area contributed by atoms with Gasteiger partial charge in [-0.25, -0.2) is 0 Å². The molecule has 2 N–H and O–H groups in total. The van der Waals surface area contributed by atoms with Crippen LogP contribution in [0.5, 0.6) is 0 Å². The lowest BCUT2D eigenvalue weighted by Gasteiger charge is -2.25. The van der Waals surface area contributed by atoms with Crippen LogP contribution >= 0.6 is 0 Å². The molecule has 1 heterocycles. The minimum Gasteiger partial charge on any atom is -0.368 e. The number of nitrogens with one attached hydrogen (secondary N) is 2. The van der Waals surface area contributed by atoms with Gasteiger partial charge in [-0.15, -0.1) is 10.2 Å². The molecule has 1 fully saturated rings. The Hall–Kier alpha value is -1.65. The van der Waals surface area contributed by atoms with Gasteiger partial charge in [0.2, 0.25) is 0 Å². The van der Waals surface area contributed by atoms with Crippen LogP contribution in [0.4, 0.5) is 5.82 Å². The third kappa shape index (κ3) is 2.48. The van der Waals surface area contributed by atoms with Crippen molar-refractivity contribution in [2.75, 3.05) is 18.9 Å². The van der Waals surface area contributed by atoms with Gasteiger partial charge in [0.1, 0.15) is 5.82 Å². The second-order valence-electron chi connectivity index (χ2n) is 4.06. The summed E-state index contributed by atoms with van der Waals surface area (Å²) < 4.78 is 0. The largest absolute Gasteiger partial charge is 0.368 e. The van der Waals surface area contributed by atoms with Gasteiger partial charge in [0.15, 0.2) is 5.69 Å². The van der Waals surface area contributed by atoms with Crippen molar-refractivity contribution < 1.29 is 4.79 Å². The second kappa shape index (κ2) is 4.92. The summed E-state index contributed by atoms with van der Waals surface area (Å²) in [6, 6.07) is 3.46. The van der Waals surface area contributed by atoms with E-state index in [4.69, 9.17) is 0 Å². The van der Waals surface area contributed by atoms with Gasteiger partial charge in [0.25, 0.3) is 5.91 Å². The normalized spacial score (nSPS) is 15.3. The van der Waals surface area contributed by atoms with Crippen molar-refractivity contribution in [1.82, 2.24) is 15.5 Å². The van der Waals surface area contributed by atoms with E-state index in [-0.39, 0.29) is 5.91 Å². The van der Waals surface area contributed by atoms with E-state index in [0.29, 0.717) is 5.69 Å². The van der Waals surface area contributed by atoms with Crippen molar-refractivity contribution >= 4 is 11.7 Å². The van der Waals surface area contributed by atoms with Gasteiger partial charge in [-0.3, -0.25) is 4.79 Å². The average Bonchev–Trinajstić information content (AvgIpc) is 2.27. The monoisotopic (exact) mass is 220 g/mol. The summed E-state index contributed by atoms with van der Waals surface area (Å²) in [6.07, 6.45) is 3.95. The molecule has 5 nitrogen and oxygen atoms in total. The quantitative estimate of drug-likeness (QED) is 0.796. The van der Waals surface area contributed by atoms with Crippen LogP contribution in [-0.4, -0.2) is 29.7 Å². The molecule has 1 saturated carbocycles. The standard InChI is InChI=1S/C11H16N4O/c1-12-11(16)9-5-6-10(15-14-9)13-7-8-3-2-4-8/h5-6,8H,2-4,7H2,1H3,(H,12,16)(H,13,15). The molecule has 0 atom stereocenters. The Kier molecular flexibility index (Phi) is 3.34. The van der Waals surface area contributed by atoms with Crippen molar-refractivity contribution in [3.05, 3.63) is 17.8 Å². The van der Waals surface area contributed by atoms with Gasteiger partial charge in [0, 0.05) is 13.6 Å². The number of hydrogen-bond acceptors (Lipinski definition) is 4. The lowest BCUT2D eigenvalue weighted by atomic mass is 9.85. The Balaban J connectivity index is 1.88. The molecule has 0 unspecified atom stereocenters. The molecule has 0 aliphatic heterocycles. The summed E-state index contributed by atoms with van der Waals surface area (Å²) in [4.78, 5) is 11.2. The Bertz CT molecular complexity index is 359. The molecular formula is C11H16N4O. The van der Waals surface area contributed by atoms with Gasteiger partial charge < -0.3 is 10.6 Å². The molecule has 1 aliphatic carbocycles. The zero-order valence-electron chi connectivity index (χ0n) is 9.36. The maximum atomic E-state index is 11.2. The van der Waals surface area contributed by atoms with Crippen LogP contribution in [-0.2, 0) is 0 Å². The van der Waals surface area contributed by atoms with Crippen LogP contribution < -0.4 is 10.6 Å². The van der Waals surface area contributed by atoms with Crippen LogP contribution in [0.1, 0.15) is 29.8 Å². The van der Waals surface area contributed by atoms with E-state index in [0.717, 1.165) is 18.3 Å².